The first kappa shape index (κ1) is 14.0. The van der Waals surface area contributed by atoms with Crippen LogP contribution >= 0.6 is 0 Å². The van der Waals surface area contributed by atoms with Gasteiger partial charge in [0.2, 0.25) is 0 Å². The van der Waals surface area contributed by atoms with Crippen molar-refractivity contribution in [2.75, 3.05) is 5.32 Å². The minimum absolute atomic E-state index is 0.272. The lowest BCUT2D eigenvalue weighted by atomic mass is 10.2. The summed E-state index contributed by atoms with van der Waals surface area (Å²) in [5.74, 6) is 0.256. The number of nitrogens with zero attached hydrogens (tertiary/aromatic N) is 2. The summed E-state index contributed by atoms with van der Waals surface area (Å²) >= 11 is 0. The van der Waals surface area contributed by atoms with E-state index in [9.17, 15) is 9.18 Å². The number of imidazole rings is 1. The van der Waals surface area contributed by atoms with Crippen LogP contribution in [0.15, 0.2) is 60.9 Å². The van der Waals surface area contributed by atoms with Crippen molar-refractivity contribution >= 4 is 11.6 Å². The van der Waals surface area contributed by atoms with Crippen LogP contribution in [0.1, 0.15) is 16.2 Å². The van der Waals surface area contributed by atoms with Crippen molar-refractivity contribution in [1.82, 2.24) is 9.55 Å². The van der Waals surface area contributed by atoms with E-state index < -0.39 is 0 Å². The standard InChI is InChI=1S/C17H14FN3O/c1-12-19-10-11-21(12)16-8-6-15(7-9-16)20-17(22)13-2-4-14(18)5-3-13/h2-11H,1H3,(H,20,22). The minimum atomic E-state index is -0.364. The van der Waals surface area contributed by atoms with Gasteiger partial charge in [0.25, 0.3) is 5.91 Å². The highest BCUT2D eigenvalue weighted by atomic mass is 19.1. The van der Waals surface area contributed by atoms with Crippen LogP contribution in [0.4, 0.5) is 10.1 Å². The third-order valence-electron chi connectivity index (χ3n) is 3.34. The molecule has 0 saturated heterocycles. The molecule has 0 fully saturated rings. The normalized spacial score (nSPS) is 10.5. The molecule has 22 heavy (non-hydrogen) atoms. The summed E-state index contributed by atoms with van der Waals surface area (Å²) in [7, 11) is 0. The number of benzene rings is 2. The summed E-state index contributed by atoms with van der Waals surface area (Å²) in [4.78, 5) is 16.2. The van der Waals surface area contributed by atoms with Gasteiger partial charge in [0.05, 0.1) is 0 Å². The van der Waals surface area contributed by atoms with Gasteiger partial charge in [-0.15, -0.1) is 0 Å². The second-order valence-corrected chi connectivity index (χ2v) is 4.85. The van der Waals surface area contributed by atoms with E-state index in [1.165, 1.54) is 24.3 Å². The van der Waals surface area contributed by atoms with Gasteiger partial charge >= 0.3 is 0 Å². The van der Waals surface area contributed by atoms with E-state index in [1.807, 2.05) is 42.0 Å². The molecule has 110 valence electrons. The number of carbonyl (C=O) groups excluding carboxylic acids is 1. The van der Waals surface area contributed by atoms with E-state index in [-0.39, 0.29) is 11.7 Å². The number of carbonyl (C=O) groups is 1. The van der Waals surface area contributed by atoms with Gasteiger partial charge in [-0.2, -0.15) is 0 Å². The second-order valence-electron chi connectivity index (χ2n) is 4.85. The lowest BCUT2D eigenvalue weighted by Crippen LogP contribution is -2.11. The van der Waals surface area contributed by atoms with Gasteiger partial charge in [0, 0.05) is 29.3 Å². The number of amides is 1. The molecule has 1 aromatic heterocycles. The highest BCUT2D eigenvalue weighted by Gasteiger charge is 2.06. The predicted octanol–water partition coefficient (Wildman–Crippen LogP) is 3.57. The van der Waals surface area contributed by atoms with Crippen LogP contribution < -0.4 is 5.32 Å². The van der Waals surface area contributed by atoms with Gasteiger partial charge in [-0.25, -0.2) is 9.37 Å². The lowest BCUT2D eigenvalue weighted by molar-refractivity contribution is 0.102. The molecule has 0 aliphatic rings. The van der Waals surface area contributed by atoms with Gasteiger partial charge in [-0.1, -0.05) is 0 Å². The molecule has 1 heterocycles. The third-order valence-corrected chi connectivity index (χ3v) is 3.34. The first-order valence-corrected chi connectivity index (χ1v) is 6.81. The zero-order valence-electron chi connectivity index (χ0n) is 12.0. The number of hydrogen-bond acceptors (Lipinski definition) is 2. The van der Waals surface area contributed by atoms with Gasteiger partial charge in [0.15, 0.2) is 0 Å². The Morgan fingerprint density at radius 3 is 2.36 bits per heavy atom. The van der Waals surface area contributed by atoms with Crippen LogP contribution in [-0.2, 0) is 0 Å². The van der Waals surface area contributed by atoms with Gasteiger partial charge in [-0.3, -0.25) is 4.79 Å². The molecule has 1 amide bonds. The Morgan fingerprint density at radius 1 is 1.09 bits per heavy atom. The number of halogens is 1. The van der Waals surface area contributed by atoms with Crippen molar-refractivity contribution in [2.24, 2.45) is 0 Å². The summed E-state index contributed by atoms with van der Waals surface area (Å²) in [5, 5.41) is 2.78. The molecule has 0 bridgehead atoms. The Hall–Kier alpha value is -2.95. The molecule has 0 unspecified atom stereocenters. The van der Waals surface area contributed by atoms with Crippen LogP contribution in [0.2, 0.25) is 0 Å². The number of aromatic nitrogens is 2. The summed E-state index contributed by atoms with van der Waals surface area (Å²) < 4.78 is 14.8. The number of rotatable bonds is 3. The maximum atomic E-state index is 12.8. The quantitative estimate of drug-likeness (QED) is 0.803. The van der Waals surface area contributed by atoms with Crippen LogP contribution in [0.3, 0.4) is 0 Å². The molecule has 2 aromatic carbocycles. The number of anilines is 1. The molecule has 1 N–H and O–H groups in total. The van der Waals surface area contributed by atoms with Crippen molar-refractivity contribution in [3.63, 3.8) is 0 Å². The SMILES string of the molecule is Cc1nccn1-c1ccc(NC(=O)c2ccc(F)cc2)cc1. The summed E-state index contributed by atoms with van der Waals surface area (Å²) in [5.41, 5.74) is 2.06. The fourth-order valence-electron chi connectivity index (χ4n) is 2.16. The van der Waals surface area contributed by atoms with Crippen molar-refractivity contribution in [2.45, 2.75) is 6.92 Å². The Bertz CT molecular complexity index is 792. The molecule has 0 atom stereocenters. The highest BCUT2D eigenvalue weighted by Crippen LogP contribution is 2.15. The van der Waals surface area contributed by atoms with Gasteiger partial charge < -0.3 is 9.88 Å². The monoisotopic (exact) mass is 295 g/mol. The molecule has 0 saturated carbocycles. The van der Waals surface area contributed by atoms with Crippen LogP contribution in [0.5, 0.6) is 0 Å². The molecule has 4 nitrogen and oxygen atoms in total. The van der Waals surface area contributed by atoms with E-state index >= 15 is 0 Å². The summed E-state index contributed by atoms with van der Waals surface area (Å²) in [6.45, 7) is 1.92. The summed E-state index contributed by atoms with van der Waals surface area (Å²) in [6, 6.07) is 12.9. The van der Waals surface area contributed by atoms with Gasteiger partial charge in [-0.05, 0) is 55.5 Å². The van der Waals surface area contributed by atoms with Gasteiger partial charge in [0.1, 0.15) is 11.6 Å². The van der Waals surface area contributed by atoms with E-state index in [4.69, 9.17) is 0 Å². The minimum Gasteiger partial charge on any atom is -0.322 e. The maximum absolute atomic E-state index is 12.8. The summed E-state index contributed by atoms with van der Waals surface area (Å²) in [6.07, 6.45) is 3.61. The molecule has 0 spiro atoms. The average molecular weight is 295 g/mol. The number of hydrogen-bond donors (Lipinski definition) is 1. The Morgan fingerprint density at radius 2 is 1.77 bits per heavy atom. The second kappa shape index (κ2) is 5.81. The molecule has 0 aliphatic carbocycles. The number of nitrogens with one attached hydrogen (secondary N) is 1. The molecule has 3 aromatic rings. The molecule has 5 heteroatoms. The van der Waals surface area contributed by atoms with E-state index in [0.29, 0.717) is 11.3 Å². The molecule has 0 aliphatic heterocycles. The van der Waals surface area contributed by atoms with E-state index in [0.717, 1.165) is 11.5 Å². The van der Waals surface area contributed by atoms with Crippen molar-refractivity contribution in [1.29, 1.82) is 0 Å². The average Bonchev–Trinajstić information content (AvgIpc) is 2.95. The zero-order chi connectivity index (χ0) is 15.5. The Labute approximate surface area is 127 Å². The molecule has 3 rings (SSSR count). The largest absolute Gasteiger partial charge is 0.322 e. The predicted molar refractivity (Wildman–Crippen MR) is 82.7 cm³/mol. The smallest absolute Gasteiger partial charge is 0.255 e. The zero-order valence-corrected chi connectivity index (χ0v) is 12.0. The maximum Gasteiger partial charge on any atom is 0.255 e. The fourth-order valence-corrected chi connectivity index (χ4v) is 2.16. The molecule has 0 radical (unpaired) electrons. The number of aryl methyl sites for hydroxylation is 1. The lowest BCUT2D eigenvalue weighted by Gasteiger charge is -2.08. The third kappa shape index (κ3) is 2.88. The van der Waals surface area contributed by atoms with E-state index in [2.05, 4.69) is 10.3 Å². The highest BCUT2D eigenvalue weighted by molar-refractivity contribution is 6.04. The Balaban J connectivity index is 1.75. The first-order chi connectivity index (χ1) is 10.6. The first-order valence-electron chi connectivity index (χ1n) is 6.81. The fraction of sp³-hybridized carbons (Fsp3) is 0.0588. The topological polar surface area (TPSA) is 46.9 Å². The van der Waals surface area contributed by atoms with Crippen LogP contribution in [0, 0.1) is 12.7 Å². The van der Waals surface area contributed by atoms with Crippen molar-refractivity contribution in [3.8, 4) is 5.69 Å². The van der Waals surface area contributed by atoms with Crippen LogP contribution in [-0.4, -0.2) is 15.5 Å². The van der Waals surface area contributed by atoms with E-state index in [1.54, 1.807) is 6.20 Å². The Kier molecular flexibility index (Phi) is 3.70. The van der Waals surface area contributed by atoms with Crippen LogP contribution in [0.25, 0.3) is 5.69 Å². The van der Waals surface area contributed by atoms with Crippen molar-refractivity contribution < 1.29 is 9.18 Å². The molecular formula is C17H14FN3O. The molecular weight excluding hydrogens is 281 g/mol. The van der Waals surface area contributed by atoms with Crippen molar-refractivity contribution in [3.05, 3.63) is 78.1 Å².